The number of unbranched alkanes of at least 4 members (excludes halogenated alkanes) is 1. The minimum absolute atomic E-state index is 0.164. The van der Waals surface area contributed by atoms with E-state index in [9.17, 15) is 20.4 Å². The van der Waals surface area contributed by atoms with Crippen LogP contribution in [0.5, 0.6) is 0 Å². The third kappa shape index (κ3) is 3.85. The summed E-state index contributed by atoms with van der Waals surface area (Å²) in [5.41, 5.74) is 8.50. The topological polar surface area (TPSA) is 133 Å². The molecule has 0 aliphatic carbocycles. The largest absolute Gasteiger partial charge is 0.388 e. The Kier molecular flexibility index (Phi) is 9.35. The molecule has 24 heavy (non-hydrogen) atoms. The van der Waals surface area contributed by atoms with E-state index in [2.05, 4.69) is 26.3 Å². The van der Waals surface area contributed by atoms with Gasteiger partial charge in [-0.1, -0.05) is 30.7 Å². The van der Waals surface area contributed by atoms with Crippen molar-refractivity contribution in [1.82, 2.24) is 0 Å². The molecule has 0 heterocycles. The van der Waals surface area contributed by atoms with Gasteiger partial charge in [0.2, 0.25) is 0 Å². The van der Waals surface area contributed by atoms with Crippen LogP contribution >= 0.6 is 0 Å². The van der Waals surface area contributed by atoms with Gasteiger partial charge in [-0.15, -0.1) is 26.3 Å². The van der Waals surface area contributed by atoms with E-state index in [4.69, 9.17) is 11.5 Å². The van der Waals surface area contributed by atoms with Crippen LogP contribution in [0.2, 0.25) is 0 Å². The predicted molar refractivity (Wildman–Crippen MR) is 97.1 cm³/mol. The Hall–Kier alpha value is -1.28. The van der Waals surface area contributed by atoms with E-state index in [0.717, 1.165) is 12.2 Å². The Morgan fingerprint density at radius 3 is 1.42 bits per heavy atom. The van der Waals surface area contributed by atoms with E-state index < -0.39 is 35.4 Å². The summed E-state index contributed by atoms with van der Waals surface area (Å²) in [7, 11) is 0. The molecule has 0 fully saturated rings. The molecule has 138 valence electrons. The molecule has 6 nitrogen and oxygen atoms in total. The number of aliphatic hydroxyl groups excluding tert-OH is 4. The van der Waals surface area contributed by atoms with Gasteiger partial charge in [-0.2, -0.15) is 0 Å². The average molecular weight is 340 g/mol. The Morgan fingerprint density at radius 1 is 0.750 bits per heavy atom. The molecule has 8 N–H and O–H groups in total. The molecule has 6 heteroatoms. The Labute approximate surface area is 144 Å². The van der Waals surface area contributed by atoms with Crippen LogP contribution in [0.15, 0.2) is 50.6 Å². The number of hydrogen-bond donors (Lipinski definition) is 6. The number of rotatable bonds is 13. The van der Waals surface area contributed by atoms with Crippen LogP contribution in [0.3, 0.4) is 0 Å². The van der Waals surface area contributed by atoms with Crippen LogP contribution < -0.4 is 11.5 Å². The summed E-state index contributed by atoms with van der Waals surface area (Å²) in [4.78, 5) is 0. The van der Waals surface area contributed by atoms with Crippen molar-refractivity contribution >= 4 is 0 Å². The molecule has 0 amide bonds. The summed E-state index contributed by atoms with van der Waals surface area (Å²) < 4.78 is 0. The highest BCUT2D eigenvalue weighted by Gasteiger charge is 2.61. The zero-order valence-corrected chi connectivity index (χ0v) is 14.2. The van der Waals surface area contributed by atoms with Crippen LogP contribution in [0.25, 0.3) is 0 Å². The first kappa shape index (κ1) is 22.7. The van der Waals surface area contributed by atoms with Crippen molar-refractivity contribution < 1.29 is 20.4 Å². The van der Waals surface area contributed by atoms with Gasteiger partial charge in [0.15, 0.2) is 0 Å². The third-order valence-electron chi connectivity index (χ3n) is 4.78. The second kappa shape index (κ2) is 9.88. The summed E-state index contributed by atoms with van der Waals surface area (Å²) in [5, 5.41) is 42.3. The highest BCUT2D eigenvalue weighted by molar-refractivity contribution is 5.25. The first-order valence-corrected chi connectivity index (χ1v) is 7.95. The van der Waals surface area contributed by atoms with Gasteiger partial charge >= 0.3 is 0 Å². The molecule has 0 aromatic carbocycles. The Balaban J connectivity index is 6.53. The maximum Gasteiger partial charge on any atom is 0.0934 e. The third-order valence-corrected chi connectivity index (χ3v) is 4.78. The van der Waals surface area contributed by atoms with Gasteiger partial charge in [-0.3, -0.25) is 0 Å². The normalized spacial score (nSPS) is 21.4. The highest BCUT2D eigenvalue weighted by Crippen LogP contribution is 2.47. The standard InChI is InChI=1S/C18H32N2O4/c1-5-13(21)17(14(22)6-2,11-9-10-12-19)18(20,15(23)7-3)16(24)8-4/h5-8,13-16,21-24H,1-4,9-12,19-20H2. The van der Waals surface area contributed by atoms with Gasteiger partial charge in [0.1, 0.15) is 0 Å². The monoisotopic (exact) mass is 340 g/mol. The number of hydrogen-bond acceptors (Lipinski definition) is 6. The molecule has 0 spiro atoms. The maximum absolute atomic E-state index is 10.7. The zero-order chi connectivity index (χ0) is 19.0. The minimum Gasteiger partial charge on any atom is -0.388 e. The van der Waals surface area contributed by atoms with E-state index in [-0.39, 0.29) is 6.42 Å². The van der Waals surface area contributed by atoms with Crippen molar-refractivity contribution in [2.75, 3.05) is 6.54 Å². The fraction of sp³-hybridized carbons (Fsp3) is 0.556. The molecule has 0 aromatic heterocycles. The van der Waals surface area contributed by atoms with Crippen molar-refractivity contribution in [3.05, 3.63) is 50.6 Å². The van der Waals surface area contributed by atoms with Crippen molar-refractivity contribution in [3.8, 4) is 0 Å². The van der Waals surface area contributed by atoms with Gasteiger partial charge in [-0.05, 0) is 19.4 Å². The second-order valence-corrected chi connectivity index (χ2v) is 5.94. The quantitative estimate of drug-likeness (QED) is 0.206. The summed E-state index contributed by atoms with van der Waals surface area (Å²) in [5.74, 6) is 0. The van der Waals surface area contributed by atoms with Gasteiger partial charge in [0.05, 0.1) is 35.4 Å². The summed E-state index contributed by atoms with van der Waals surface area (Å²) in [6.45, 7) is 14.6. The molecule has 4 atom stereocenters. The van der Waals surface area contributed by atoms with Crippen LogP contribution in [-0.2, 0) is 0 Å². The molecular weight excluding hydrogens is 308 g/mol. The lowest BCUT2D eigenvalue weighted by Crippen LogP contribution is -2.74. The zero-order valence-electron chi connectivity index (χ0n) is 14.2. The highest BCUT2D eigenvalue weighted by atomic mass is 16.3. The number of aliphatic hydroxyl groups is 4. The lowest BCUT2D eigenvalue weighted by Gasteiger charge is -2.55. The SMILES string of the molecule is C=CC(O)C(N)(C(O)C=C)C(CCCCN)(C(O)C=C)C(O)C=C. The fourth-order valence-electron chi connectivity index (χ4n) is 3.30. The second-order valence-electron chi connectivity index (χ2n) is 5.94. The molecule has 0 aliphatic heterocycles. The molecular formula is C18H32N2O4. The Bertz CT molecular complexity index is 411. The van der Waals surface area contributed by atoms with Crippen molar-refractivity contribution in [2.45, 2.75) is 49.2 Å². The maximum atomic E-state index is 10.7. The minimum atomic E-state index is -1.88. The van der Waals surface area contributed by atoms with E-state index in [1.807, 2.05) is 0 Å². The first-order valence-electron chi connectivity index (χ1n) is 7.95. The summed E-state index contributed by atoms with van der Waals surface area (Å²) >= 11 is 0. The van der Waals surface area contributed by atoms with Crippen LogP contribution in [-0.4, -0.2) is 56.9 Å². The fourth-order valence-corrected chi connectivity index (χ4v) is 3.30. The van der Waals surface area contributed by atoms with E-state index >= 15 is 0 Å². The lowest BCUT2D eigenvalue weighted by atomic mass is 9.56. The summed E-state index contributed by atoms with van der Waals surface area (Å²) in [6.07, 6.45) is 0.446. The lowest BCUT2D eigenvalue weighted by molar-refractivity contribution is -0.145. The molecule has 0 saturated heterocycles. The Morgan fingerprint density at radius 2 is 1.12 bits per heavy atom. The van der Waals surface area contributed by atoms with Crippen molar-refractivity contribution in [3.63, 3.8) is 0 Å². The van der Waals surface area contributed by atoms with Gasteiger partial charge in [0, 0.05) is 0 Å². The number of nitrogens with two attached hydrogens (primary N) is 2. The summed E-state index contributed by atoms with van der Waals surface area (Å²) in [6, 6.07) is 0. The molecule has 0 bridgehead atoms. The molecule has 0 aromatic rings. The molecule has 0 aliphatic rings. The van der Waals surface area contributed by atoms with Crippen molar-refractivity contribution in [2.24, 2.45) is 16.9 Å². The van der Waals surface area contributed by atoms with E-state index in [1.54, 1.807) is 0 Å². The predicted octanol–water partition coefficient (Wildman–Crippen LogP) is -0.0131. The van der Waals surface area contributed by atoms with Crippen LogP contribution in [0.4, 0.5) is 0 Å². The molecule has 4 unspecified atom stereocenters. The van der Waals surface area contributed by atoms with E-state index in [1.165, 1.54) is 12.2 Å². The van der Waals surface area contributed by atoms with E-state index in [0.29, 0.717) is 19.4 Å². The van der Waals surface area contributed by atoms with Crippen molar-refractivity contribution in [1.29, 1.82) is 0 Å². The van der Waals surface area contributed by atoms with Gasteiger partial charge < -0.3 is 31.9 Å². The van der Waals surface area contributed by atoms with Crippen LogP contribution in [0.1, 0.15) is 19.3 Å². The van der Waals surface area contributed by atoms with Gasteiger partial charge in [-0.25, -0.2) is 0 Å². The smallest absolute Gasteiger partial charge is 0.0934 e. The first-order chi connectivity index (χ1) is 11.2. The van der Waals surface area contributed by atoms with Crippen LogP contribution in [0, 0.1) is 5.41 Å². The average Bonchev–Trinajstić information content (AvgIpc) is 2.61. The van der Waals surface area contributed by atoms with Gasteiger partial charge in [0.25, 0.3) is 0 Å². The molecule has 0 rings (SSSR count). The molecule has 0 radical (unpaired) electrons. The molecule has 0 saturated carbocycles.